The minimum atomic E-state index is -4.59. The highest BCUT2D eigenvalue weighted by Gasteiger charge is 2.34. The van der Waals surface area contributed by atoms with Gasteiger partial charge in [0.2, 0.25) is 0 Å². The summed E-state index contributed by atoms with van der Waals surface area (Å²) in [6.07, 6.45) is -1.80. The van der Waals surface area contributed by atoms with Crippen LogP contribution in [0.5, 0.6) is 5.75 Å². The number of unbranched alkanes of at least 4 members (excludes halogenated alkanes) is 1. The summed E-state index contributed by atoms with van der Waals surface area (Å²) in [4.78, 5) is 12.5. The molecule has 0 radical (unpaired) electrons. The van der Waals surface area contributed by atoms with E-state index in [0.717, 1.165) is 29.8 Å². The molecule has 0 bridgehead atoms. The predicted octanol–water partition coefficient (Wildman–Crippen LogP) is 4.42. The third-order valence-corrected chi connectivity index (χ3v) is 4.14. The van der Waals surface area contributed by atoms with Crippen LogP contribution in [0, 0.1) is 0 Å². The van der Waals surface area contributed by atoms with E-state index < -0.39 is 23.5 Å². The number of nitrogens with one attached hydrogen (secondary N) is 1. The van der Waals surface area contributed by atoms with Gasteiger partial charge in [-0.05, 0) is 35.6 Å². The molecule has 0 atom stereocenters. The molecule has 148 valence electrons. The highest BCUT2D eigenvalue weighted by atomic mass is 19.4. The summed E-state index contributed by atoms with van der Waals surface area (Å²) in [6, 6.07) is 3.93. The number of benzene rings is 1. The van der Waals surface area contributed by atoms with Gasteiger partial charge >= 0.3 is 6.18 Å². The smallest absolute Gasteiger partial charge is 0.435 e. The van der Waals surface area contributed by atoms with Crippen molar-refractivity contribution in [1.82, 2.24) is 15.1 Å². The molecule has 0 saturated carbocycles. The maximum atomic E-state index is 12.9. The van der Waals surface area contributed by atoms with Gasteiger partial charge < -0.3 is 10.4 Å². The molecular weight excluding hydrogens is 359 g/mol. The van der Waals surface area contributed by atoms with Crippen molar-refractivity contribution < 1.29 is 23.1 Å². The quantitative estimate of drug-likeness (QED) is 0.751. The fourth-order valence-corrected chi connectivity index (χ4v) is 2.48. The van der Waals surface area contributed by atoms with Gasteiger partial charge in [0.05, 0.1) is 5.56 Å². The van der Waals surface area contributed by atoms with Crippen LogP contribution in [-0.2, 0) is 11.6 Å². The number of carbonyl (C=O) groups is 1. The lowest BCUT2D eigenvalue weighted by molar-refractivity contribution is -0.141. The Morgan fingerprint density at radius 3 is 2.44 bits per heavy atom. The van der Waals surface area contributed by atoms with Crippen molar-refractivity contribution in [3.8, 4) is 11.4 Å². The first-order chi connectivity index (χ1) is 12.4. The van der Waals surface area contributed by atoms with Crippen molar-refractivity contribution in [3.05, 3.63) is 41.2 Å². The van der Waals surface area contributed by atoms with Gasteiger partial charge in [-0.1, -0.05) is 34.1 Å². The van der Waals surface area contributed by atoms with Crippen LogP contribution in [0.1, 0.15) is 62.2 Å². The van der Waals surface area contributed by atoms with Gasteiger partial charge in [0.25, 0.3) is 5.91 Å². The van der Waals surface area contributed by atoms with E-state index in [0.29, 0.717) is 12.1 Å². The molecule has 1 heterocycles. The lowest BCUT2D eigenvalue weighted by Gasteiger charge is -2.22. The van der Waals surface area contributed by atoms with Crippen LogP contribution in [0.15, 0.2) is 24.4 Å². The zero-order valence-electron chi connectivity index (χ0n) is 15.8. The number of rotatable bonds is 5. The van der Waals surface area contributed by atoms with Crippen LogP contribution in [0.25, 0.3) is 5.69 Å². The second-order valence-corrected chi connectivity index (χ2v) is 7.39. The SMILES string of the molecule is CCCCNC(=O)c1cc(C(C)(C)C)cc(-n2ccc(C(F)(F)F)n2)c1O. The molecule has 0 saturated heterocycles. The molecular formula is C19H24F3N3O2. The van der Waals surface area contributed by atoms with Gasteiger partial charge in [0, 0.05) is 12.7 Å². The molecule has 1 amide bonds. The fourth-order valence-electron chi connectivity index (χ4n) is 2.48. The lowest BCUT2D eigenvalue weighted by Crippen LogP contribution is -2.25. The first kappa shape index (κ1) is 20.8. The lowest BCUT2D eigenvalue weighted by atomic mass is 9.85. The number of hydrogen-bond acceptors (Lipinski definition) is 3. The van der Waals surface area contributed by atoms with Crippen LogP contribution in [-0.4, -0.2) is 27.3 Å². The minimum Gasteiger partial charge on any atom is -0.505 e. The van der Waals surface area contributed by atoms with E-state index in [1.54, 1.807) is 12.1 Å². The Hall–Kier alpha value is -2.51. The molecule has 0 aliphatic rings. The van der Waals surface area contributed by atoms with Crippen LogP contribution >= 0.6 is 0 Å². The van der Waals surface area contributed by atoms with Crippen LogP contribution in [0.4, 0.5) is 13.2 Å². The number of phenols is 1. The summed E-state index contributed by atoms with van der Waals surface area (Å²) in [6.45, 7) is 8.16. The number of nitrogens with zero attached hydrogens (tertiary/aromatic N) is 2. The molecule has 2 rings (SSSR count). The third kappa shape index (κ3) is 4.81. The molecule has 0 aliphatic heterocycles. The molecule has 5 nitrogen and oxygen atoms in total. The van der Waals surface area contributed by atoms with Crippen LogP contribution < -0.4 is 5.32 Å². The summed E-state index contributed by atoms with van der Waals surface area (Å²) in [5, 5.41) is 16.8. The Kier molecular flexibility index (Phi) is 5.87. The molecule has 0 unspecified atom stereocenters. The van der Waals surface area contributed by atoms with Gasteiger partial charge in [0.15, 0.2) is 11.4 Å². The van der Waals surface area contributed by atoms with Gasteiger partial charge in [-0.15, -0.1) is 0 Å². The average Bonchev–Trinajstić information content (AvgIpc) is 3.04. The van der Waals surface area contributed by atoms with Gasteiger partial charge in [-0.3, -0.25) is 4.79 Å². The first-order valence-corrected chi connectivity index (χ1v) is 8.74. The van der Waals surface area contributed by atoms with E-state index in [4.69, 9.17) is 0 Å². The predicted molar refractivity (Wildman–Crippen MR) is 96.2 cm³/mol. The van der Waals surface area contributed by atoms with Gasteiger partial charge in [-0.2, -0.15) is 18.3 Å². The zero-order valence-corrected chi connectivity index (χ0v) is 15.8. The Labute approximate surface area is 156 Å². The number of aromatic hydroxyl groups is 1. The van der Waals surface area contributed by atoms with Crippen LogP contribution in [0.3, 0.4) is 0 Å². The molecule has 2 N–H and O–H groups in total. The van der Waals surface area contributed by atoms with E-state index in [2.05, 4.69) is 10.4 Å². The zero-order chi connectivity index (χ0) is 20.4. The second-order valence-electron chi connectivity index (χ2n) is 7.39. The average molecular weight is 383 g/mol. The Balaban J connectivity index is 2.55. The molecule has 0 fully saturated rings. The standard InChI is InChI=1S/C19H24F3N3O2/c1-5-6-8-23-17(27)13-10-12(18(2,3)4)11-14(16(13)26)25-9-7-15(24-25)19(20,21)22/h7,9-11,26H,5-6,8H2,1-4H3,(H,23,27). The van der Waals surface area contributed by atoms with E-state index in [-0.39, 0.29) is 16.7 Å². The number of aromatic nitrogens is 2. The summed E-state index contributed by atoms with van der Waals surface area (Å²) < 4.78 is 39.5. The summed E-state index contributed by atoms with van der Waals surface area (Å²) >= 11 is 0. The summed E-state index contributed by atoms with van der Waals surface area (Å²) in [5.41, 5.74) is -0.728. The van der Waals surface area contributed by atoms with Crippen molar-refractivity contribution in [2.24, 2.45) is 0 Å². The number of hydrogen-bond donors (Lipinski definition) is 2. The largest absolute Gasteiger partial charge is 0.505 e. The number of carbonyl (C=O) groups excluding carboxylic acids is 1. The topological polar surface area (TPSA) is 67.2 Å². The number of phenolic OH excluding ortho intramolecular Hbond substituents is 1. The summed E-state index contributed by atoms with van der Waals surface area (Å²) in [7, 11) is 0. The van der Waals surface area contributed by atoms with Crippen LogP contribution in [0.2, 0.25) is 0 Å². The highest BCUT2D eigenvalue weighted by molar-refractivity contribution is 5.98. The van der Waals surface area contributed by atoms with E-state index >= 15 is 0 Å². The molecule has 0 spiro atoms. The Morgan fingerprint density at radius 2 is 1.93 bits per heavy atom. The monoisotopic (exact) mass is 383 g/mol. The maximum Gasteiger partial charge on any atom is 0.435 e. The van der Waals surface area contributed by atoms with Crippen molar-refractivity contribution in [1.29, 1.82) is 0 Å². The fraction of sp³-hybridized carbons (Fsp3) is 0.474. The minimum absolute atomic E-state index is 0.0117. The normalized spacial score (nSPS) is 12.3. The molecule has 2 aromatic rings. The van der Waals surface area contributed by atoms with Gasteiger partial charge in [-0.25, -0.2) is 4.68 Å². The summed E-state index contributed by atoms with van der Waals surface area (Å²) in [5.74, 6) is -0.884. The van der Waals surface area contributed by atoms with Crippen molar-refractivity contribution >= 4 is 5.91 Å². The van der Waals surface area contributed by atoms with Crippen molar-refractivity contribution in [2.45, 2.75) is 52.1 Å². The third-order valence-electron chi connectivity index (χ3n) is 4.14. The number of amides is 1. The number of halogens is 3. The van der Waals surface area contributed by atoms with Crippen molar-refractivity contribution in [2.75, 3.05) is 6.54 Å². The Morgan fingerprint density at radius 1 is 1.26 bits per heavy atom. The molecule has 27 heavy (non-hydrogen) atoms. The molecule has 1 aromatic carbocycles. The molecule has 1 aromatic heterocycles. The highest BCUT2D eigenvalue weighted by Crippen LogP contribution is 2.34. The van der Waals surface area contributed by atoms with E-state index in [9.17, 15) is 23.1 Å². The molecule has 8 heteroatoms. The Bertz CT molecular complexity index is 821. The van der Waals surface area contributed by atoms with E-state index in [1.807, 2.05) is 27.7 Å². The number of alkyl halides is 3. The first-order valence-electron chi connectivity index (χ1n) is 8.74. The maximum absolute atomic E-state index is 12.9. The van der Waals surface area contributed by atoms with E-state index in [1.165, 1.54) is 0 Å². The second kappa shape index (κ2) is 7.62. The molecule has 0 aliphatic carbocycles. The van der Waals surface area contributed by atoms with Crippen molar-refractivity contribution in [3.63, 3.8) is 0 Å². The van der Waals surface area contributed by atoms with Gasteiger partial charge in [0.1, 0.15) is 5.69 Å².